The molecule has 1 aromatic rings. The molecule has 5 nitrogen and oxygen atoms in total. The van der Waals surface area contributed by atoms with Crippen molar-refractivity contribution in [3.63, 3.8) is 0 Å². The quantitative estimate of drug-likeness (QED) is 0.652. The maximum atomic E-state index is 11.6. The molecule has 0 aromatic heterocycles. The smallest absolute Gasteiger partial charge is 0.319 e. The van der Waals surface area contributed by atoms with E-state index in [-0.39, 0.29) is 18.4 Å². The minimum Gasteiger partial charge on any atom is -0.508 e. The second-order valence-electron chi connectivity index (χ2n) is 4.14. The summed E-state index contributed by atoms with van der Waals surface area (Å²) < 4.78 is 0. The van der Waals surface area contributed by atoms with Gasteiger partial charge in [0.05, 0.1) is 12.6 Å². The van der Waals surface area contributed by atoms with Crippen molar-refractivity contribution >= 4 is 6.03 Å². The second-order valence-corrected chi connectivity index (χ2v) is 4.14. The van der Waals surface area contributed by atoms with Crippen LogP contribution in [0.4, 0.5) is 4.79 Å². The van der Waals surface area contributed by atoms with Crippen molar-refractivity contribution in [2.75, 3.05) is 6.61 Å². The monoisotopic (exact) mass is 248 g/mol. The molecule has 1 atom stereocenters. The Kier molecular flexibility index (Phi) is 3.53. The lowest BCUT2D eigenvalue weighted by molar-refractivity contribution is 0.234. The van der Waals surface area contributed by atoms with E-state index < -0.39 is 6.04 Å². The first-order valence-electron chi connectivity index (χ1n) is 5.85. The highest BCUT2D eigenvalue weighted by Crippen LogP contribution is 2.28. The zero-order valence-electron chi connectivity index (χ0n) is 10.1. The number of benzene rings is 1. The number of urea groups is 1. The minimum atomic E-state index is -0.397. The molecule has 18 heavy (non-hydrogen) atoms. The van der Waals surface area contributed by atoms with E-state index in [9.17, 15) is 15.0 Å². The molecule has 5 heteroatoms. The molecule has 2 rings (SSSR count). The van der Waals surface area contributed by atoms with Crippen LogP contribution in [0.25, 0.3) is 0 Å². The molecule has 1 unspecified atom stereocenters. The number of hydrogen-bond donors (Lipinski definition) is 4. The van der Waals surface area contributed by atoms with E-state index >= 15 is 0 Å². The fraction of sp³-hybridized carbons (Fsp3) is 0.308. The predicted octanol–water partition coefficient (Wildman–Crippen LogP) is 1.40. The van der Waals surface area contributed by atoms with Crippen LogP contribution in [0.2, 0.25) is 0 Å². The number of aliphatic hydroxyl groups is 1. The van der Waals surface area contributed by atoms with Crippen LogP contribution in [0.1, 0.15) is 24.9 Å². The summed E-state index contributed by atoms with van der Waals surface area (Å²) in [5, 5.41) is 24.4. The van der Waals surface area contributed by atoms with Crippen molar-refractivity contribution in [1.82, 2.24) is 10.6 Å². The Hall–Kier alpha value is -2.01. The van der Waals surface area contributed by atoms with E-state index in [0.29, 0.717) is 6.42 Å². The van der Waals surface area contributed by atoms with Crippen LogP contribution < -0.4 is 10.6 Å². The number of amides is 2. The minimum absolute atomic E-state index is 0.135. The lowest BCUT2D eigenvalue weighted by Crippen LogP contribution is -2.44. The molecular formula is C13H16N2O3. The molecule has 0 bridgehead atoms. The van der Waals surface area contributed by atoms with Crippen molar-refractivity contribution in [3.8, 4) is 5.75 Å². The molecule has 0 aliphatic carbocycles. The van der Waals surface area contributed by atoms with Crippen molar-refractivity contribution in [2.24, 2.45) is 0 Å². The third-order valence-corrected chi connectivity index (χ3v) is 3.00. The number of phenols is 1. The van der Waals surface area contributed by atoms with Crippen molar-refractivity contribution in [1.29, 1.82) is 0 Å². The summed E-state index contributed by atoms with van der Waals surface area (Å²) in [6.07, 6.45) is 0.638. The largest absolute Gasteiger partial charge is 0.508 e. The summed E-state index contributed by atoms with van der Waals surface area (Å²) in [7, 11) is 0. The molecule has 1 heterocycles. The molecular weight excluding hydrogens is 232 g/mol. The summed E-state index contributed by atoms with van der Waals surface area (Å²) in [5.41, 5.74) is 2.21. The highest BCUT2D eigenvalue weighted by atomic mass is 16.3. The van der Waals surface area contributed by atoms with E-state index in [1.165, 1.54) is 0 Å². The summed E-state index contributed by atoms with van der Waals surface area (Å²) in [4.78, 5) is 11.6. The number of allylic oxidation sites excluding steroid dienone is 1. The first-order valence-corrected chi connectivity index (χ1v) is 5.85. The number of aliphatic hydroxyl groups excluding tert-OH is 1. The third kappa shape index (κ3) is 2.31. The van der Waals surface area contributed by atoms with Gasteiger partial charge in [0.15, 0.2) is 0 Å². The number of rotatable bonds is 3. The molecule has 0 spiro atoms. The molecule has 0 saturated carbocycles. The van der Waals surface area contributed by atoms with E-state index in [2.05, 4.69) is 10.6 Å². The van der Waals surface area contributed by atoms with E-state index in [1.54, 1.807) is 24.3 Å². The predicted molar refractivity (Wildman–Crippen MR) is 66.9 cm³/mol. The lowest BCUT2D eigenvalue weighted by Gasteiger charge is -2.29. The third-order valence-electron chi connectivity index (χ3n) is 3.00. The van der Waals surface area contributed by atoms with E-state index in [4.69, 9.17) is 0 Å². The van der Waals surface area contributed by atoms with Crippen LogP contribution >= 0.6 is 0 Å². The zero-order chi connectivity index (χ0) is 13.1. The van der Waals surface area contributed by atoms with Crippen LogP contribution in [-0.2, 0) is 0 Å². The molecule has 2 amide bonds. The van der Waals surface area contributed by atoms with Crippen molar-refractivity contribution in [2.45, 2.75) is 19.4 Å². The lowest BCUT2D eigenvalue weighted by atomic mass is 9.95. The van der Waals surface area contributed by atoms with Crippen molar-refractivity contribution < 1.29 is 15.0 Å². The molecule has 1 aromatic carbocycles. The maximum Gasteiger partial charge on any atom is 0.319 e. The zero-order valence-corrected chi connectivity index (χ0v) is 10.1. The summed E-state index contributed by atoms with van der Waals surface area (Å²) in [6.45, 7) is 1.77. The van der Waals surface area contributed by atoms with E-state index in [0.717, 1.165) is 16.8 Å². The van der Waals surface area contributed by atoms with Gasteiger partial charge in [-0.15, -0.1) is 0 Å². The molecule has 4 N–H and O–H groups in total. The van der Waals surface area contributed by atoms with Gasteiger partial charge in [-0.3, -0.25) is 0 Å². The first kappa shape index (κ1) is 12.4. The Labute approximate surface area is 105 Å². The summed E-state index contributed by atoms with van der Waals surface area (Å²) in [5.74, 6) is 0.135. The fourth-order valence-corrected chi connectivity index (χ4v) is 2.14. The second kappa shape index (κ2) is 5.10. The number of phenolic OH excluding ortho intramolecular Hbond substituents is 1. The highest BCUT2D eigenvalue weighted by molar-refractivity contribution is 5.79. The molecule has 1 aliphatic heterocycles. The van der Waals surface area contributed by atoms with E-state index in [1.807, 2.05) is 6.92 Å². The topological polar surface area (TPSA) is 81.6 Å². The van der Waals surface area contributed by atoms with Crippen LogP contribution in [0.5, 0.6) is 5.75 Å². The normalized spacial score (nSPS) is 19.4. The van der Waals surface area contributed by atoms with Gasteiger partial charge in [-0.2, -0.15) is 0 Å². The van der Waals surface area contributed by atoms with Gasteiger partial charge in [-0.05, 0) is 24.1 Å². The van der Waals surface area contributed by atoms with Gasteiger partial charge in [0, 0.05) is 11.3 Å². The first-order chi connectivity index (χ1) is 8.65. The van der Waals surface area contributed by atoms with Gasteiger partial charge < -0.3 is 20.8 Å². The fourth-order valence-electron chi connectivity index (χ4n) is 2.14. The van der Waals surface area contributed by atoms with Gasteiger partial charge in [-0.1, -0.05) is 19.1 Å². The Bertz CT molecular complexity index is 497. The Morgan fingerprint density at radius 2 is 2.17 bits per heavy atom. The summed E-state index contributed by atoms with van der Waals surface area (Å²) >= 11 is 0. The number of carbonyl (C=O) groups excluding carboxylic acids is 1. The number of carbonyl (C=O) groups is 1. The Morgan fingerprint density at radius 1 is 1.39 bits per heavy atom. The molecule has 1 aliphatic rings. The maximum absolute atomic E-state index is 11.6. The standard InChI is InChI=1S/C13H16N2O3/c1-2-11-10(7-16)12(15-13(18)14-11)8-4-3-5-9(17)6-8/h3-6,12,16-17H,2,7H2,1H3,(H2,14,15,18). The molecule has 0 saturated heterocycles. The number of nitrogens with one attached hydrogen (secondary N) is 2. The van der Waals surface area contributed by atoms with Gasteiger partial charge >= 0.3 is 6.03 Å². The van der Waals surface area contributed by atoms with Crippen LogP contribution in [0.15, 0.2) is 35.5 Å². The van der Waals surface area contributed by atoms with Crippen molar-refractivity contribution in [3.05, 3.63) is 41.1 Å². The Morgan fingerprint density at radius 3 is 2.78 bits per heavy atom. The number of aromatic hydroxyl groups is 1. The highest BCUT2D eigenvalue weighted by Gasteiger charge is 2.26. The van der Waals surface area contributed by atoms with Crippen LogP contribution in [0, 0.1) is 0 Å². The molecule has 96 valence electrons. The average Bonchev–Trinajstić information content (AvgIpc) is 2.37. The van der Waals surface area contributed by atoms with Gasteiger partial charge in [-0.25, -0.2) is 4.79 Å². The van der Waals surface area contributed by atoms with Crippen LogP contribution in [-0.4, -0.2) is 22.9 Å². The van der Waals surface area contributed by atoms with Crippen LogP contribution in [0.3, 0.4) is 0 Å². The number of hydrogen-bond acceptors (Lipinski definition) is 3. The van der Waals surface area contributed by atoms with Gasteiger partial charge in [0.2, 0.25) is 0 Å². The van der Waals surface area contributed by atoms with Gasteiger partial charge in [0.1, 0.15) is 5.75 Å². The van der Waals surface area contributed by atoms with Gasteiger partial charge in [0.25, 0.3) is 0 Å². The Balaban J connectivity index is 2.44. The molecule has 0 radical (unpaired) electrons. The summed E-state index contributed by atoms with van der Waals surface area (Å²) in [6, 6.07) is 5.97. The molecule has 0 fully saturated rings. The average molecular weight is 248 g/mol. The SMILES string of the molecule is CCC1=C(CO)C(c2cccc(O)c2)NC(=O)N1.